The van der Waals surface area contributed by atoms with Crippen molar-refractivity contribution in [1.29, 1.82) is 0 Å². The molecule has 1 aliphatic heterocycles. The second-order valence-corrected chi connectivity index (χ2v) is 8.32. The van der Waals surface area contributed by atoms with Crippen molar-refractivity contribution >= 4 is 41.1 Å². The van der Waals surface area contributed by atoms with Crippen LogP contribution in [-0.2, 0) is 14.9 Å². The highest BCUT2D eigenvalue weighted by Crippen LogP contribution is 2.34. The molecule has 0 spiro atoms. The predicted octanol–water partition coefficient (Wildman–Crippen LogP) is 4.10. The number of hydrogen-bond donors (Lipinski definition) is 0. The number of methoxy groups -OCH3 is 1. The number of rotatable bonds is 6. The number of esters is 1. The molecule has 0 saturated carbocycles. The van der Waals surface area contributed by atoms with Gasteiger partial charge in [-0.3, -0.25) is 4.79 Å². The molecule has 1 unspecified atom stereocenters. The van der Waals surface area contributed by atoms with E-state index in [1.807, 2.05) is 13.0 Å². The number of piperazine rings is 1. The number of ether oxygens (including phenoxy) is 1. The van der Waals surface area contributed by atoms with Crippen molar-refractivity contribution in [1.82, 2.24) is 9.21 Å². The van der Waals surface area contributed by atoms with Gasteiger partial charge in [0, 0.05) is 25.7 Å². The first-order chi connectivity index (χ1) is 11.8. The molecule has 2 rings (SSSR count). The number of halogens is 2. The largest absolute Gasteiger partial charge is 0.468 e. The van der Waals surface area contributed by atoms with Gasteiger partial charge in [0.25, 0.3) is 0 Å². The average molecular weight is 405 g/mol. The van der Waals surface area contributed by atoms with Crippen LogP contribution in [0.3, 0.4) is 0 Å². The van der Waals surface area contributed by atoms with E-state index >= 15 is 0 Å². The van der Waals surface area contributed by atoms with Gasteiger partial charge in [0.05, 0.1) is 22.6 Å². The molecule has 1 fully saturated rings. The lowest BCUT2D eigenvalue weighted by Crippen LogP contribution is -2.50. The SMILES string of the molecule is COC(=O)C(C)(CCN1CCN(SC)[C@H](C)C1)c1ccc(Cl)c(Cl)c1. The summed E-state index contributed by atoms with van der Waals surface area (Å²) in [5.74, 6) is -0.248. The Labute approximate surface area is 164 Å². The summed E-state index contributed by atoms with van der Waals surface area (Å²) >= 11 is 14.0. The van der Waals surface area contributed by atoms with E-state index in [4.69, 9.17) is 27.9 Å². The molecule has 0 bridgehead atoms. The Bertz CT molecular complexity index is 617. The molecule has 1 aliphatic rings. The molecule has 1 aromatic rings. The number of nitrogens with zero attached hydrogens (tertiary/aromatic N) is 2. The van der Waals surface area contributed by atoms with Crippen molar-refractivity contribution in [3.8, 4) is 0 Å². The minimum atomic E-state index is -0.747. The number of carbonyl (C=O) groups is 1. The Morgan fingerprint density at radius 1 is 1.36 bits per heavy atom. The Kier molecular flexibility index (Phi) is 7.47. The van der Waals surface area contributed by atoms with Gasteiger partial charge in [0.15, 0.2) is 0 Å². The van der Waals surface area contributed by atoms with E-state index in [9.17, 15) is 4.79 Å². The van der Waals surface area contributed by atoms with E-state index in [1.165, 1.54) is 7.11 Å². The van der Waals surface area contributed by atoms with Gasteiger partial charge in [-0.25, -0.2) is 4.31 Å². The maximum Gasteiger partial charge on any atom is 0.316 e. The second kappa shape index (κ2) is 8.96. The zero-order valence-corrected chi connectivity index (χ0v) is 17.5. The monoisotopic (exact) mass is 404 g/mol. The lowest BCUT2D eigenvalue weighted by atomic mass is 9.79. The summed E-state index contributed by atoms with van der Waals surface area (Å²) in [5, 5.41) is 0.941. The van der Waals surface area contributed by atoms with Crippen molar-refractivity contribution in [2.75, 3.05) is 39.5 Å². The molecule has 1 saturated heterocycles. The van der Waals surface area contributed by atoms with Crippen LogP contribution in [0.4, 0.5) is 0 Å². The van der Waals surface area contributed by atoms with Gasteiger partial charge in [0.2, 0.25) is 0 Å². The number of hydrogen-bond acceptors (Lipinski definition) is 5. The third kappa shape index (κ3) is 4.83. The molecule has 0 aromatic heterocycles. The van der Waals surface area contributed by atoms with Gasteiger partial charge >= 0.3 is 5.97 Å². The minimum absolute atomic E-state index is 0.248. The van der Waals surface area contributed by atoms with Crippen molar-refractivity contribution < 1.29 is 9.53 Å². The van der Waals surface area contributed by atoms with E-state index in [1.54, 1.807) is 24.1 Å². The Morgan fingerprint density at radius 3 is 2.64 bits per heavy atom. The zero-order valence-electron chi connectivity index (χ0n) is 15.2. The smallest absolute Gasteiger partial charge is 0.316 e. The van der Waals surface area contributed by atoms with Crippen LogP contribution in [0.1, 0.15) is 25.8 Å². The van der Waals surface area contributed by atoms with E-state index in [0.29, 0.717) is 22.5 Å². The van der Waals surface area contributed by atoms with Gasteiger partial charge in [0.1, 0.15) is 0 Å². The Hall–Kier alpha value is -0.460. The maximum atomic E-state index is 12.5. The van der Waals surface area contributed by atoms with Crippen LogP contribution in [0.25, 0.3) is 0 Å². The molecule has 1 heterocycles. The first-order valence-electron chi connectivity index (χ1n) is 8.39. The molecule has 140 valence electrons. The van der Waals surface area contributed by atoms with E-state index < -0.39 is 5.41 Å². The van der Waals surface area contributed by atoms with Crippen LogP contribution in [0, 0.1) is 0 Å². The summed E-state index contributed by atoms with van der Waals surface area (Å²) in [7, 11) is 1.43. The summed E-state index contributed by atoms with van der Waals surface area (Å²) in [6, 6.07) is 5.87. The molecule has 4 nitrogen and oxygen atoms in total. The van der Waals surface area contributed by atoms with E-state index in [2.05, 4.69) is 22.4 Å². The first kappa shape index (κ1) is 20.8. The van der Waals surface area contributed by atoms with Crippen molar-refractivity contribution in [3.63, 3.8) is 0 Å². The normalized spacial score (nSPS) is 21.8. The molecule has 7 heteroatoms. The van der Waals surface area contributed by atoms with Gasteiger partial charge in [-0.2, -0.15) is 0 Å². The van der Waals surface area contributed by atoms with Crippen molar-refractivity contribution in [2.24, 2.45) is 0 Å². The molecule has 1 aromatic carbocycles. The molecule has 2 atom stereocenters. The Morgan fingerprint density at radius 2 is 2.08 bits per heavy atom. The highest BCUT2D eigenvalue weighted by Gasteiger charge is 2.37. The lowest BCUT2D eigenvalue weighted by molar-refractivity contribution is -0.147. The van der Waals surface area contributed by atoms with Gasteiger partial charge in [-0.05, 0) is 50.8 Å². The maximum absolute atomic E-state index is 12.5. The third-order valence-corrected chi connectivity index (χ3v) is 6.76. The topological polar surface area (TPSA) is 32.8 Å². The number of benzene rings is 1. The van der Waals surface area contributed by atoms with E-state index in [0.717, 1.165) is 31.7 Å². The highest BCUT2D eigenvalue weighted by atomic mass is 35.5. The lowest BCUT2D eigenvalue weighted by Gasteiger charge is -2.39. The molecule has 0 radical (unpaired) electrons. The van der Waals surface area contributed by atoms with Crippen LogP contribution in [0.15, 0.2) is 18.2 Å². The van der Waals surface area contributed by atoms with Crippen LogP contribution in [0.5, 0.6) is 0 Å². The molecule has 0 N–H and O–H groups in total. The van der Waals surface area contributed by atoms with Crippen molar-refractivity contribution in [2.45, 2.75) is 31.7 Å². The standard InChI is InChI=1S/C18H26Cl2N2O2S/c1-13-12-21(9-10-22(13)25-4)8-7-18(2,17(23)24-3)14-5-6-15(19)16(20)11-14/h5-6,11,13H,7-10,12H2,1-4H3/t13-,18?/m1/s1. The number of carbonyl (C=O) groups excluding carboxylic acids is 1. The van der Waals surface area contributed by atoms with Crippen LogP contribution < -0.4 is 0 Å². The Balaban J connectivity index is 2.13. The van der Waals surface area contributed by atoms with E-state index in [-0.39, 0.29) is 5.97 Å². The molecule has 25 heavy (non-hydrogen) atoms. The fraction of sp³-hybridized carbons (Fsp3) is 0.611. The second-order valence-electron chi connectivity index (χ2n) is 6.68. The zero-order chi connectivity index (χ0) is 18.6. The molecular formula is C18H26Cl2N2O2S. The minimum Gasteiger partial charge on any atom is -0.468 e. The molecule has 0 amide bonds. The van der Waals surface area contributed by atoms with Gasteiger partial charge in [-0.15, -0.1) is 0 Å². The highest BCUT2D eigenvalue weighted by molar-refractivity contribution is 7.96. The van der Waals surface area contributed by atoms with Crippen molar-refractivity contribution in [3.05, 3.63) is 33.8 Å². The summed E-state index contributed by atoms with van der Waals surface area (Å²) in [5.41, 5.74) is 0.0904. The summed E-state index contributed by atoms with van der Waals surface area (Å²) in [6.45, 7) is 8.02. The van der Waals surface area contributed by atoms with Gasteiger partial charge < -0.3 is 9.64 Å². The van der Waals surface area contributed by atoms with Crippen LogP contribution in [0.2, 0.25) is 10.0 Å². The van der Waals surface area contributed by atoms with Gasteiger partial charge in [-0.1, -0.05) is 41.2 Å². The van der Waals surface area contributed by atoms with Crippen LogP contribution >= 0.6 is 35.1 Å². The summed E-state index contributed by atoms with van der Waals surface area (Å²) < 4.78 is 7.49. The van der Waals surface area contributed by atoms with Crippen LogP contribution in [-0.4, -0.2) is 60.8 Å². The average Bonchev–Trinajstić information content (AvgIpc) is 2.61. The molecule has 0 aliphatic carbocycles. The molecular weight excluding hydrogens is 379 g/mol. The predicted molar refractivity (Wildman–Crippen MR) is 107 cm³/mol. The third-order valence-electron chi connectivity index (χ3n) is 5.01. The fourth-order valence-electron chi connectivity index (χ4n) is 3.30. The quantitative estimate of drug-likeness (QED) is 0.526. The summed E-state index contributed by atoms with van der Waals surface area (Å²) in [6.07, 6.45) is 2.79. The fourth-order valence-corrected chi connectivity index (χ4v) is 4.29. The summed E-state index contributed by atoms with van der Waals surface area (Å²) in [4.78, 5) is 15.0. The first-order valence-corrected chi connectivity index (χ1v) is 10.3.